The van der Waals surface area contributed by atoms with Crippen molar-refractivity contribution in [3.05, 3.63) is 43.2 Å². The van der Waals surface area contributed by atoms with Crippen molar-refractivity contribution in [2.45, 2.75) is 38.3 Å². The molecule has 1 saturated carbocycles. The van der Waals surface area contributed by atoms with Gasteiger partial charge in [-0.05, 0) is 25.0 Å². The molecule has 2 fully saturated rings. The number of ether oxygens (including phenoxy) is 1. The van der Waals surface area contributed by atoms with Crippen molar-refractivity contribution in [1.29, 1.82) is 0 Å². The Morgan fingerprint density at radius 1 is 1.19 bits per heavy atom. The normalized spacial score (nSPS) is 19.2. The van der Waals surface area contributed by atoms with Crippen LogP contribution in [-0.4, -0.2) is 51.2 Å². The third kappa shape index (κ3) is 4.15. The smallest absolute Gasteiger partial charge is 0.317 e. The number of likely N-dealkylation sites (tertiary alicyclic amines) is 1. The lowest BCUT2D eigenvalue weighted by molar-refractivity contribution is 0.110. The van der Waals surface area contributed by atoms with Crippen LogP contribution in [0.3, 0.4) is 0 Å². The number of piperidine rings is 1. The van der Waals surface area contributed by atoms with Gasteiger partial charge in [-0.3, -0.25) is 4.98 Å². The molecule has 0 atom stereocenters. The van der Waals surface area contributed by atoms with E-state index in [9.17, 15) is 4.79 Å². The van der Waals surface area contributed by atoms with Crippen molar-refractivity contribution in [2.75, 3.05) is 19.6 Å². The number of nitrogens with one attached hydrogen (secondary N) is 1. The zero-order valence-electron chi connectivity index (χ0n) is 14.9. The number of carbonyl (C=O) groups excluding carboxylic acids is 1. The van der Waals surface area contributed by atoms with Crippen molar-refractivity contribution in [3.8, 4) is 5.75 Å². The van der Waals surface area contributed by atoms with Gasteiger partial charge < -0.3 is 19.5 Å². The third-order valence-corrected chi connectivity index (χ3v) is 5.33. The van der Waals surface area contributed by atoms with Gasteiger partial charge >= 0.3 is 6.03 Å². The highest BCUT2D eigenvalue weighted by atomic mass is 16.5. The van der Waals surface area contributed by atoms with Gasteiger partial charge in [0.25, 0.3) is 0 Å². The molecule has 0 spiro atoms. The summed E-state index contributed by atoms with van der Waals surface area (Å²) < 4.78 is 8.06. The average molecular weight is 355 g/mol. The number of imidazole rings is 1. The summed E-state index contributed by atoms with van der Waals surface area (Å²) in [5.41, 5.74) is 0.207. The maximum absolute atomic E-state index is 12.5. The Labute approximate surface area is 153 Å². The minimum Gasteiger partial charge on any atom is -0.490 e. The van der Waals surface area contributed by atoms with Gasteiger partial charge in [0.1, 0.15) is 11.9 Å². The summed E-state index contributed by atoms with van der Waals surface area (Å²) in [5.74, 6) is 0.845. The number of nitrogens with zero attached hydrogens (tertiary/aromatic N) is 4. The van der Waals surface area contributed by atoms with Gasteiger partial charge in [0.15, 0.2) is 0 Å². The first kappa shape index (κ1) is 16.9. The first-order valence-corrected chi connectivity index (χ1v) is 9.28. The van der Waals surface area contributed by atoms with Crippen molar-refractivity contribution >= 4 is 6.03 Å². The predicted molar refractivity (Wildman–Crippen MR) is 96.8 cm³/mol. The molecular formula is C19H25N5O2. The molecule has 4 rings (SSSR count). The monoisotopic (exact) mass is 355 g/mol. The van der Waals surface area contributed by atoms with Crippen molar-refractivity contribution < 1.29 is 9.53 Å². The number of hydrogen-bond donors (Lipinski definition) is 1. The van der Waals surface area contributed by atoms with Gasteiger partial charge in [0.2, 0.25) is 0 Å². The maximum Gasteiger partial charge on any atom is 0.317 e. The molecule has 0 aromatic carbocycles. The molecule has 2 aromatic rings. The van der Waals surface area contributed by atoms with Crippen LogP contribution in [0.2, 0.25) is 0 Å². The number of aromatic nitrogens is 3. The lowest BCUT2D eigenvalue weighted by Gasteiger charge is -2.32. The van der Waals surface area contributed by atoms with Crippen LogP contribution in [0.4, 0.5) is 4.79 Å². The number of rotatable bonds is 6. The van der Waals surface area contributed by atoms with Crippen molar-refractivity contribution in [1.82, 2.24) is 24.8 Å². The molecule has 26 heavy (non-hydrogen) atoms. The molecule has 7 nitrogen and oxygen atoms in total. The molecule has 2 aromatic heterocycles. The Balaban J connectivity index is 1.20. The van der Waals surface area contributed by atoms with Gasteiger partial charge in [-0.15, -0.1) is 0 Å². The van der Waals surface area contributed by atoms with Crippen LogP contribution in [-0.2, 0) is 6.54 Å². The van der Waals surface area contributed by atoms with Gasteiger partial charge in [0, 0.05) is 69.2 Å². The van der Waals surface area contributed by atoms with Gasteiger partial charge in [-0.1, -0.05) is 0 Å². The number of pyridine rings is 1. The van der Waals surface area contributed by atoms with Gasteiger partial charge in [-0.25, -0.2) is 9.78 Å². The zero-order valence-corrected chi connectivity index (χ0v) is 14.9. The quantitative estimate of drug-likeness (QED) is 0.863. The lowest BCUT2D eigenvalue weighted by Crippen LogP contribution is -2.47. The summed E-state index contributed by atoms with van der Waals surface area (Å²) in [4.78, 5) is 22.5. The van der Waals surface area contributed by atoms with Crippen LogP contribution in [0, 0.1) is 5.41 Å². The average Bonchev–Trinajstić information content (AvgIpc) is 3.24. The predicted octanol–water partition coefficient (Wildman–Crippen LogP) is 2.31. The molecule has 0 radical (unpaired) electrons. The van der Waals surface area contributed by atoms with E-state index in [0.29, 0.717) is 0 Å². The molecule has 3 heterocycles. The van der Waals surface area contributed by atoms with E-state index in [0.717, 1.165) is 57.6 Å². The van der Waals surface area contributed by atoms with Crippen LogP contribution < -0.4 is 10.1 Å². The van der Waals surface area contributed by atoms with Crippen molar-refractivity contribution in [3.63, 3.8) is 0 Å². The van der Waals surface area contributed by atoms with Crippen LogP contribution in [0.5, 0.6) is 5.75 Å². The second-order valence-electron chi connectivity index (χ2n) is 7.38. The molecule has 1 aliphatic carbocycles. The lowest BCUT2D eigenvalue weighted by atomic mass is 10.1. The number of hydrogen-bond acceptors (Lipinski definition) is 4. The minimum absolute atomic E-state index is 0.0456. The Morgan fingerprint density at radius 2 is 1.96 bits per heavy atom. The van der Waals surface area contributed by atoms with Crippen LogP contribution in [0.25, 0.3) is 0 Å². The molecule has 7 heteroatoms. The number of carbonyl (C=O) groups is 1. The van der Waals surface area contributed by atoms with E-state index in [2.05, 4.69) is 19.9 Å². The summed E-state index contributed by atoms with van der Waals surface area (Å²) in [6, 6.07) is 3.78. The SMILES string of the molecule is O=C(NCC1(Cn2ccnc2)CC1)N1CCC(Oc2ccncc2)CC1. The molecule has 1 N–H and O–H groups in total. The molecule has 2 amide bonds. The summed E-state index contributed by atoms with van der Waals surface area (Å²) in [5, 5.41) is 3.14. The zero-order chi connectivity index (χ0) is 17.8. The fraction of sp³-hybridized carbons (Fsp3) is 0.526. The van der Waals surface area contributed by atoms with Crippen LogP contribution >= 0.6 is 0 Å². The minimum atomic E-state index is 0.0456. The highest BCUT2D eigenvalue weighted by Crippen LogP contribution is 2.46. The fourth-order valence-electron chi connectivity index (χ4n) is 3.50. The first-order chi connectivity index (χ1) is 12.7. The highest BCUT2D eigenvalue weighted by Gasteiger charge is 2.43. The Bertz CT molecular complexity index is 707. The summed E-state index contributed by atoms with van der Waals surface area (Å²) >= 11 is 0. The molecule has 0 bridgehead atoms. The van der Waals surface area contributed by atoms with Crippen LogP contribution in [0.15, 0.2) is 43.2 Å². The summed E-state index contributed by atoms with van der Waals surface area (Å²) in [6.07, 6.45) is 13.3. The first-order valence-electron chi connectivity index (χ1n) is 9.28. The van der Waals surface area contributed by atoms with E-state index < -0.39 is 0 Å². The molecule has 2 aliphatic rings. The second kappa shape index (κ2) is 7.35. The molecule has 138 valence electrons. The Morgan fingerprint density at radius 3 is 2.62 bits per heavy atom. The summed E-state index contributed by atoms with van der Waals surface area (Å²) in [7, 11) is 0. The topological polar surface area (TPSA) is 72.3 Å². The Kier molecular flexibility index (Phi) is 4.77. The number of urea groups is 1. The van der Waals surface area contributed by atoms with E-state index >= 15 is 0 Å². The van der Waals surface area contributed by atoms with E-state index in [1.165, 1.54) is 0 Å². The number of amides is 2. The van der Waals surface area contributed by atoms with Crippen molar-refractivity contribution in [2.24, 2.45) is 5.41 Å². The maximum atomic E-state index is 12.5. The molecular weight excluding hydrogens is 330 g/mol. The van der Waals surface area contributed by atoms with Crippen LogP contribution in [0.1, 0.15) is 25.7 Å². The van der Waals surface area contributed by atoms with Gasteiger partial charge in [0.05, 0.1) is 6.33 Å². The van der Waals surface area contributed by atoms with E-state index in [1.54, 1.807) is 18.6 Å². The van der Waals surface area contributed by atoms with E-state index in [1.807, 2.05) is 29.6 Å². The fourth-order valence-corrected chi connectivity index (χ4v) is 3.50. The van der Waals surface area contributed by atoms with E-state index in [-0.39, 0.29) is 17.6 Å². The van der Waals surface area contributed by atoms with Gasteiger partial charge in [-0.2, -0.15) is 0 Å². The standard InChI is InChI=1S/C19H25N5O2/c25-18(22-13-19(5-6-19)14-23-12-9-21-15-23)24-10-3-17(4-11-24)26-16-1-7-20-8-2-16/h1-2,7-9,12,15,17H,3-6,10-11,13-14H2,(H,22,25). The Hall–Kier alpha value is -2.57. The largest absolute Gasteiger partial charge is 0.490 e. The summed E-state index contributed by atoms with van der Waals surface area (Å²) in [6.45, 7) is 3.12. The third-order valence-electron chi connectivity index (χ3n) is 5.33. The molecule has 1 aliphatic heterocycles. The van der Waals surface area contributed by atoms with E-state index in [4.69, 9.17) is 4.74 Å². The highest BCUT2D eigenvalue weighted by molar-refractivity contribution is 5.74. The molecule has 1 saturated heterocycles. The second-order valence-corrected chi connectivity index (χ2v) is 7.38. The molecule has 0 unspecified atom stereocenters.